The number of rotatable bonds is 10. The number of carboxylic acid groups (broad SMARTS) is 1. The molecule has 1 heterocycles. The molecule has 0 aliphatic carbocycles. The second-order valence-corrected chi connectivity index (χ2v) is 6.54. The summed E-state index contributed by atoms with van der Waals surface area (Å²) in [4.78, 5) is 35.8. The average molecular weight is 390 g/mol. The minimum absolute atomic E-state index is 0.0684. The minimum atomic E-state index is -1.30. The average Bonchev–Trinajstić information content (AvgIpc) is 2.59. The number of carbonyl (C=O) groups excluding carboxylic acids is 2. The van der Waals surface area contributed by atoms with Gasteiger partial charge in [0.05, 0.1) is 20.4 Å². The highest BCUT2D eigenvalue weighted by Gasteiger charge is 2.32. The zero-order valence-corrected chi connectivity index (χ0v) is 15.3. The third-order valence-electron chi connectivity index (χ3n) is 4.30. The number of ether oxygens (including phenoxy) is 1. The van der Waals surface area contributed by atoms with Gasteiger partial charge >= 0.3 is 5.97 Å². The highest BCUT2D eigenvalue weighted by atomic mass is 16.5. The number of nitrogens with one attached hydrogen (secondary N) is 1. The van der Waals surface area contributed by atoms with Crippen molar-refractivity contribution >= 4 is 25.6 Å². The smallest absolute Gasteiger partial charge is 0.343 e. The fourth-order valence-corrected chi connectivity index (χ4v) is 2.87. The van der Waals surface area contributed by atoms with Crippen LogP contribution in [0, 0.1) is 0 Å². The molecule has 0 aromatic heterocycles. The number of benzene rings is 1. The van der Waals surface area contributed by atoms with Gasteiger partial charge in [-0.2, -0.15) is 0 Å². The number of hydrogen-bond acceptors (Lipinski definition) is 7. The van der Waals surface area contributed by atoms with E-state index < -0.39 is 23.8 Å². The van der Waals surface area contributed by atoms with E-state index in [-0.39, 0.29) is 42.6 Å². The number of primary amides is 1. The van der Waals surface area contributed by atoms with Gasteiger partial charge in [-0.15, -0.1) is 0 Å². The highest BCUT2D eigenvalue weighted by molar-refractivity contribution is 6.08. The van der Waals surface area contributed by atoms with Crippen molar-refractivity contribution < 1.29 is 29.3 Å². The minimum Gasteiger partial charge on any atom is -0.507 e. The Balaban J connectivity index is 1.90. The van der Waals surface area contributed by atoms with Crippen LogP contribution in [0.5, 0.6) is 11.5 Å². The summed E-state index contributed by atoms with van der Waals surface area (Å²) in [6.45, 7) is 0.832. The maximum absolute atomic E-state index is 11.7. The Morgan fingerprint density at radius 3 is 2.61 bits per heavy atom. The molecule has 1 atom stereocenters. The van der Waals surface area contributed by atoms with Crippen LogP contribution in [-0.2, 0) is 16.0 Å². The molecule has 11 heteroatoms. The molecule has 0 bridgehead atoms. The number of amides is 2. The maximum atomic E-state index is 11.7. The summed E-state index contributed by atoms with van der Waals surface area (Å²) in [5.74, 6) is -2.72. The number of phenols is 1. The topological polar surface area (TPSA) is 168 Å². The van der Waals surface area contributed by atoms with Crippen LogP contribution < -0.4 is 21.5 Å². The van der Waals surface area contributed by atoms with Crippen LogP contribution in [0.1, 0.15) is 15.9 Å². The molecule has 28 heavy (non-hydrogen) atoms. The molecule has 10 nitrogen and oxygen atoms in total. The molecular weight excluding hydrogens is 367 g/mol. The molecule has 0 saturated carbocycles. The second-order valence-electron chi connectivity index (χ2n) is 6.54. The quantitative estimate of drug-likeness (QED) is 0.292. The van der Waals surface area contributed by atoms with Crippen molar-refractivity contribution in [3.63, 3.8) is 0 Å². The Morgan fingerprint density at radius 2 is 2.04 bits per heavy atom. The van der Waals surface area contributed by atoms with Gasteiger partial charge in [0.2, 0.25) is 11.8 Å². The van der Waals surface area contributed by atoms with Gasteiger partial charge in [-0.1, -0.05) is 12.4 Å². The summed E-state index contributed by atoms with van der Waals surface area (Å²) in [6, 6.07) is 2.24. The van der Waals surface area contributed by atoms with Gasteiger partial charge in [0.25, 0.3) is 0 Å². The lowest BCUT2D eigenvalue weighted by Crippen LogP contribution is -2.59. The fourth-order valence-electron chi connectivity index (χ4n) is 2.87. The van der Waals surface area contributed by atoms with Gasteiger partial charge in [0.1, 0.15) is 23.2 Å². The third-order valence-corrected chi connectivity index (χ3v) is 4.30. The lowest BCUT2D eigenvalue weighted by molar-refractivity contribution is -0.126. The van der Waals surface area contributed by atoms with Crippen molar-refractivity contribution in [1.29, 1.82) is 0 Å². The van der Waals surface area contributed by atoms with Gasteiger partial charge in [-0.25, -0.2) is 4.79 Å². The number of likely N-dealkylation sites (tertiary alicyclic amines) is 1. The van der Waals surface area contributed by atoms with E-state index in [0.29, 0.717) is 25.1 Å². The molecule has 1 aliphatic rings. The van der Waals surface area contributed by atoms with Crippen LogP contribution in [0.3, 0.4) is 0 Å². The Bertz CT molecular complexity index is 753. The predicted octanol–water partition coefficient (Wildman–Crippen LogP) is -1.79. The van der Waals surface area contributed by atoms with Crippen LogP contribution in [0.4, 0.5) is 0 Å². The van der Waals surface area contributed by atoms with Crippen molar-refractivity contribution in [3.8, 4) is 11.5 Å². The first-order chi connectivity index (χ1) is 13.2. The van der Waals surface area contributed by atoms with Gasteiger partial charge in [0, 0.05) is 19.6 Å². The third kappa shape index (κ3) is 5.36. The van der Waals surface area contributed by atoms with E-state index in [1.165, 1.54) is 6.07 Å². The number of aromatic carboxylic acids is 1. The van der Waals surface area contributed by atoms with Crippen molar-refractivity contribution in [3.05, 3.63) is 23.3 Å². The number of carbonyl (C=O) groups is 3. The van der Waals surface area contributed by atoms with E-state index in [9.17, 15) is 24.6 Å². The number of carboxylic acids is 1. The first-order valence-corrected chi connectivity index (χ1v) is 8.71. The number of aryl methyl sites for hydroxylation is 1. The molecule has 1 unspecified atom stereocenters. The van der Waals surface area contributed by atoms with Crippen LogP contribution in [0.2, 0.25) is 6.32 Å². The van der Waals surface area contributed by atoms with E-state index >= 15 is 0 Å². The normalized spacial score (nSPS) is 15.5. The van der Waals surface area contributed by atoms with Crippen LogP contribution >= 0.6 is 0 Å². The zero-order valence-electron chi connectivity index (χ0n) is 15.3. The first-order valence-electron chi connectivity index (χ1n) is 8.71. The summed E-state index contributed by atoms with van der Waals surface area (Å²) in [7, 11) is 5.46. The lowest BCUT2D eigenvalue weighted by atomic mass is 9.95. The molecule has 0 spiro atoms. The summed E-state index contributed by atoms with van der Waals surface area (Å²) >= 11 is 0. The number of nitrogens with two attached hydrogens (primary N) is 2. The molecule has 2 amide bonds. The van der Waals surface area contributed by atoms with E-state index in [2.05, 4.69) is 5.32 Å². The number of nitrogens with zero attached hydrogens (tertiary/aromatic N) is 1. The van der Waals surface area contributed by atoms with E-state index in [0.717, 1.165) is 0 Å². The molecule has 150 valence electrons. The van der Waals surface area contributed by atoms with Crippen LogP contribution in [-0.4, -0.2) is 79.1 Å². The van der Waals surface area contributed by atoms with E-state index in [1.807, 2.05) is 4.90 Å². The Morgan fingerprint density at radius 1 is 1.36 bits per heavy atom. The van der Waals surface area contributed by atoms with Gasteiger partial charge < -0.3 is 31.7 Å². The molecule has 7 N–H and O–H groups in total. The van der Waals surface area contributed by atoms with E-state index in [4.69, 9.17) is 24.1 Å². The summed E-state index contributed by atoms with van der Waals surface area (Å²) in [6.07, 6.45) is 0.315. The maximum Gasteiger partial charge on any atom is 0.343 e. The van der Waals surface area contributed by atoms with Gasteiger partial charge in [-0.05, 0) is 18.1 Å². The molecule has 1 fully saturated rings. The Hall–Kier alpha value is -2.79. The summed E-state index contributed by atoms with van der Waals surface area (Å²) in [5.41, 5.74) is 10.9. The van der Waals surface area contributed by atoms with Crippen molar-refractivity contribution in [2.45, 2.75) is 24.9 Å². The molecule has 2 radical (unpaired) electrons. The van der Waals surface area contributed by atoms with Crippen molar-refractivity contribution in [2.75, 3.05) is 26.2 Å². The Kier molecular flexibility index (Phi) is 7.24. The van der Waals surface area contributed by atoms with Gasteiger partial charge in [0.15, 0.2) is 0 Å². The molecule has 1 aromatic rings. The highest BCUT2D eigenvalue weighted by Crippen LogP contribution is 2.33. The van der Waals surface area contributed by atoms with Gasteiger partial charge in [-0.3, -0.25) is 14.5 Å². The summed E-state index contributed by atoms with van der Waals surface area (Å²) in [5, 5.41) is 21.9. The molecule has 1 aromatic carbocycles. The SMILES string of the molecule is [B]CCc1ccc(OC2CN(CC(N)C(=O)NCC(N)=O)C2)c(C(=O)O)c1O. The fraction of sp³-hybridized carbons (Fsp3) is 0.471. The van der Waals surface area contributed by atoms with Crippen LogP contribution in [0.15, 0.2) is 12.1 Å². The zero-order chi connectivity index (χ0) is 20.8. The lowest BCUT2D eigenvalue weighted by Gasteiger charge is -2.40. The van der Waals surface area contributed by atoms with Crippen LogP contribution in [0.25, 0.3) is 0 Å². The largest absolute Gasteiger partial charge is 0.507 e. The second kappa shape index (κ2) is 9.42. The molecular formula is C17H23BN4O6. The standard InChI is InChI=1S/C17H23BN4O6/c18-4-3-9-1-2-12(14(15(9)24)17(26)27)28-10-6-22(7-10)8-11(19)16(25)21-5-13(20)23/h1-2,10-11,24H,3-8,19H2,(H2,20,23)(H,21,25)(H,26,27). The Labute approximate surface area is 163 Å². The van der Waals surface area contributed by atoms with Crippen molar-refractivity contribution in [2.24, 2.45) is 11.5 Å². The predicted molar refractivity (Wildman–Crippen MR) is 100 cm³/mol. The summed E-state index contributed by atoms with van der Waals surface area (Å²) < 4.78 is 5.69. The first kappa shape index (κ1) is 21.5. The number of hydrogen-bond donors (Lipinski definition) is 5. The van der Waals surface area contributed by atoms with Crippen molar-refractivity contribution in [1.82, 2.24) is 10.2 Å². The monoisotopic (exact) mass is 390 g/mol. The molecule has 2 rings (SSSR count). The molecule has 1 saturated heterocycles. The number of aromatic hydroxyl groups is 1. The van der Waals surface area contributed by atoms with E-state index in [1.54, 1.807) is 6.07 Å². The molecule has 1 aliphatic heterocycles.